The summed E-state index contributed by atoms with van der Waals surface area (Å²) in [6.07, 6.45) is 0. The molecule has 2 aromatic rings. The number of aryl methyl sites for hydroxylation is 1. The van der Waals surface area contributed by atoms with Crippen molar-refractivity contribution in [1.29, 1.82) is 0 Å². The van der Waals surface area contributed by atoms with E-state index in [0.29, 0.717) is 0 Å². The van der Waals surface area contributed by atoms with Crippen LogP contribution in [0.15, 0.2) is 47.4 Å². The number of nitrogens with two attached hydrogens (primary N) is 1. The Hall–Kier alpha value is -1.07. The van der Waals surface area contributed by atoms with E-state index in [1.165, 1.54) is 12.1 Å². The van der Waals surface area contributed by atoms with Crippen molar-refractivity contribution in [2.45, 2.75) is 17.9 Å². The standard InChI is InChI=1S/C15H15Cl2NO2S/c1-10-5-7-11(8-6-10)14(18)9-21(19,20)15-12(16)3-2-4-13(15)17/h2-8,14H,9,18H2,1H3. The quantitative estimate of drug-likeness (QED) is 0.918. The number of halogens is 2. The van der Waals surface area contributed by atoms with Crippen LogP contribution in [0.4, 0.5) is 0 Å². The second kappa shape index (κ2) is 6.36. The molecule has 0 radical (unpaired) electrons. The van der Waals surface area contributed by atoms with Gasteiger partial charge in [-0.05, 0) is 24.6 Å². The lowest BCUT2D eigenvalue weighted by Crippen LogP contribution is -2.22. The fourth-order valence-corrected chi connectivity index (χ4v) is 4.67. The molecule has 2 aromatic carbocycles. The van der Waals surface area contributed by atoms with E-state index < -0.39 is 15.9 Å². The van der Waals surface area contributed by atoms with Gasteiger partial charge in [0, 0.05) is 6.04 Å². The van der Waals surface area contributed by atoms with Crippen molar-refractivity contribution < 1.29 is 8.42 Å². The van der Waals surface area contributed by atoms with Gasteiger partial charge in [0.15, 0.2) is 9.84 Å². The molecule has 0 aliphatic rings. The molecule has 0 aliphatic carbocycles. The molecule has 0 fully saturated rings. The highest BCUT2D eigenvalue weighted by Gasteiger charge is 2.25. The van der Waals surface area contributed by atoms with Crippen molar-refractivity contribution in [3.8, 4) is 0 Å². The van der Waals surface area contributed by atoms with Crippen molar-refractivity contribution in [3.63, 3.8) is 0 Å². The lowest BCUT2D eigenvalue weighted by molar-refractivity contribution is 0.589. The summed E-state index contributed by atoms with van der Waals surface area (Å²) in [5.41, 5.74) is 7.85. The molecular formula is C15H15Cl2NO2S. The summed E-state index contributed by atoms with van der Waals surface area (Å²) in [4.78, 5) is -0.0594. The SMILES string of the molecule is Cc1ccc(C(N)CS(=O)(=O)c2c(Cl)cccc2Cl)cc1. The van der Waals surface area contributed by atoms with Gasteiger partial charge in [0.1, 0.15) is 4.90 Å². The predicted octanol–water partition coefficient (Wildman–Crippen LogP) is 3.78. The van der Waals surface area contributed by atoms with Crippen LogP contribution in [0.1, 0.15) is 17.2 Å². The fourth-order valence-electron chi connectivity index (χ4n) is 2.01. The van der Waals surface area contributed by atoms with E-state index in [0.717, 1.165) is 11.1 Å². The topological polar surface area (TPSA) is 60.2 Å². The Morgan fingerprint density at radius 2 is 1.57 bits per heavy atom. The monoisotopic (exact) mass is 343 g/mol. The molecule has 112 valence electrons. The molecule has 0 saturated carbocycles. The summed E-state index contributed by atoms with van der Waals surface area (Å²) in [5, 5.41) is 0.220. The predicted molar refractivity (Wildman–Crippen MR) is 86.6 cm³/mol. The molecule has 21 heavy (non-hydrogen) atoms. The molecular weight excluding hydrogens is 329 g/mol. The summed E-state index contributed by atoms with van der Waals surface area (Å²) in [6.45, 7) is 1.95. The Kier molecular flexibility index (Phi) is 4.94. The van der Waals surface area contributed by atoms with Crippen molar-refractivity contribution in [1.82, 2.24) is 0 Å². The summed E-state index contributed by atoms with van der Waals surface area (Å²) in [7, 11) is -3.67. The first-order chi connectivity index (χ1) is 9.81. The van der Waals surface area contributed by atoms with E-state index in [1.54, 1.807) is 6.07 Å². The van der Waals surface area contributed by atoms with Gasteiger partial charge in [-0.25, -0.2) is 8.42 Å². The van der Waals surface area contributed by atoms with Gasteiger partial charge in [0.05, 0.1) is 15.8 Å². The van der Waals surface area contributed by atoms with Crippen molar-refractivity contribution in [2.75, 3.05) is 5.75 Å². The molecule has 0 aromatic heterocycles. The van der Waals surface area contributed by atoms with Crippen LogP contribution < -0.4 is 5.73 Å². The number of hydrogen-bond acceptors (Lipinski definition) is 3. The minimum Gasteiger partial charge on any atom is -0.323 e. The summed E-state index contributed by atoms with van der Waals surface area (Å²) < 4.78 is 25.0. The Labute approximate surface area is 134 Å². The molecule has 6 heteroatoms. The highest BCUT2D eigenvalue weighted by Crippen LogP contribution is 2.31. The zero-order valence-electron chi connectivity index (χ0n) is 11.4. The molecule has 0 amide bonds. The van der Waals surface area contributed by atoms with Gasteiger partial charge in [-0.2, -0.15) is 0 Å². The molecule has 1 atom stereocenters. The maximum Gasteiger partial charge on any atom is 0.183 e. The highest BCUT2D eigenvalue weighted by atomic mass is 35.5. The van der Waals surface area contributed by atoms with Crippen LogP contribution in [0.3, 0.4) is 0 Å². The normalized spacial score (nSPS) is 13.1. The van der Waals surface area contributed by atoms with Gasteiger partial charge < -0.3 is 5.73 Å². The smallest absolute Gasteiger partial charge is 0.183 e. The van der Waals surface area contributed by atoms with Crippen molar-refractivity contribution >= 4 is 33.0 Å². The molecule has 0 spiro atoms. The second-order valence-electron chi connectivity index (χ2n) is 4.85. The molecule has 0 bridgehead atoms. The van der Waals surface area contributed by atoms with Crippen LogP contribution in [0.5, 0.6) is 0 Å². The molecule has 0 saturated heterocycles. The molecule has 2 N–H and O–H groups in total. The third-order valence-corrected chi connectivity index (χ3v) is 5.85. The van der Waals surface area contributed by atoms with E-state index in [4.69, 9.17) is 28.9 Å². The Balaban J connectivity index is 2.31. The summed E-state index contributed by atoms with van der Waals surface area (Å²) in [6, 6.07) is 11.4. The number of hydrogen-bond donors (Lipinski definition) is 1. The van der Waals surface area contributed by atoms with E-state index >= 15 is 0 Å². The zero-order valence-corrected chi connectivity index (χ0v) is 13.7. The molecule has 1 unspecified atom stereocenters. The minimum atomic E-state index is -3.67. The molecule has 0 heterocycles. The number of sulfone groups is 1. The Morgan fingerprint density at radius 1 is 1.05 bits per heavy atom. The van der Waals surface area contributed by atoms with E-state index in [-0.39, 0.29) is 20.7 Å². The van der Waals surface area contributed by atoms with Crippen LogP contribution in [0.25, 0.3) is 0 Å². The van der Waals surface area contributed by atoms with Crippen molar-refractivity contribution in [3.05, 3.63) is 63.6 Å². The van der Waals surface area contributed by atoms with Gasteiger partial charge in [0.2, 0.25) is 0 Å². The first-order valence-corrected chi connectivity index (χ1v) is 8.71. The highest BCUT2D eigenvalue weighted by molar-refractivity contribution is 7.91. The summed E-state index contributed by atoms with van der Waals surface area (Å²) >= 11 is 11.9. The van der Waals surface area contributed by atoms with Gasteiger partial charge in [-0.1, -0.05) is 59.1 Å². The number of rotatable bonds is 4. The molecule has 3 nitrogen and oxygen atoms in total. The van der Waals surface area contributed by atoms with Crippen molar-refractivity contribution in [2.24, 2.45) is 5.73 Å². The first-order valence-electron chi connectivity index (χ1n) is 6.30. The lowest BCUT2D eigenvalue weighted by atomic mass is 10.1. The Morgan fingerprint density at radius 3 is 2.10 bits per heavy atom. The average Bonchev–Trinajstić information content (AvgIpc) is 2.38. The Bertz CT molecular complexity index is 723. The summed E-state index contributed by atoms with van der Waals surface area (Å²) in [5.74, 6) is -0.250. The first kappa shape index (κ1) is 16.3. The van der Waals surface area contributed by atoms with Crippen LogP contribution in [-0.4, -0.2) is 14.2 Å². The van der Waals surface area contributed by atoms with E-state index in [1.807, 2.05) is 31.2 Å². The largest absolute Gasteiger partial charge is 0.323 e. The van der Waals surface area contributed by atoms with Crippen LogP contribution in [0, 0.1) is 6.92 Å². The third-order valence-electron chi connectivity index (χ3n) is 3.13. The van der Waals surface area contributed by atoms with Gasteiger partial charge in [-0.3, -0.25) is 0 Å². The van der Waals surface area contributed by atoms with E-state index in [2.05, 4.69) is 0 Å². The van der Waals surface area contributed by atoms with Gasteiger partial charge in [-0.15, -0.1) is 0 Å². The third kappa shape index (κ3) is 3.77. The maximum absolute atomic E-state index is 12.5. The van der Waals surface area contributed by atoms with Gasteiger partial charge >= 0.3 is 0 Å². The van der Waals surface area contributed by atoms with Crippen LogP contribution >= 0.6 is 23.2 Å². The minimum absolute atomic E-state index is 0.0594. The molecule has 2 rings (SSSR count). The number of benzene rings is 2. The molecule has 0 aliphatic heterocycles. The maximum atomic E-state index is 12.5. The fraction of sp³-hybridized carbons (Fsp3) is 0.200. The second-order valence-corrected chi connectivity index (χ2v) is 7.63. The van der Waals surface area contributed by atoms with Crippen LogP contribution in [0.2, 0.25) is 10.0 Å². The lowest BCUT2D eigenvalue weighted by Gasteiger charge is -2.14. The van der Waals surface area contributed by atoms with Gasteiger partial charge in [0.25, 0.3) is 0 Å². The van der Waals surface area contributed by atoms with E-state index in [9.17, 15) is 8.42 Å². The average molecular weight is 344 g/mol. The zero-order chi connectivity index (χ0) is 15.6. The van der Waals surface area contributed by atoms with Crippen LogP contribution in [-0.2, 0) is 9.84 Å².